The van der Waals surface area contributed by atoms with Crippen LogP contribution in [0.15, 0.2) is 42.6 Å². The molecule has 0 amide bonds. The van der Waals surface area contributed by atoms with Gasteiger partial charge in [0.2, 0.25) is 0 Å². The first kappa shape index (κ1) is 15.4. The van der Waals surface area contributed by atoms with Crippen LogP contribution >= 0.6 is 0 Å². The molecule has 0 aliphatic carbocycles. The lowest BCUT2D eigenvalue weighted by atomic mass is 9.87. The van der Waals surface area contributed by atoms with Gasteiger partial charge in [0.1, 0.15) is 0 Å². The minimum absolute atomic E-state index is 0.174. The average molecular weight is 283 g/mol. The van der Waals surface area contributed by atoms with Gasteiger partial charge in [0.25, 0.3) is 0 Å². The highest BCUT2D eigenvalue weighted by Gasteiger charge is 2.13. The third-order valence-corrected chi connectivity index (χ3v) is 3.27. The third kappa shape index (κ3) is 4.22. The van der Waals surface area contributed by atoms with E-state index in [4.69, 9.17) is 0 Å². The summed E-state index contributed by atoms with van der Waals surface area (Å²) in [4.78, 5) is 4.42. The molecule has 1 aromatic carbocycles. The number of anilines is 3. The Bertz CT molecular complexity index is 580. The molecule has 0 bridgehead atoms. The number of pyridine rings is 1. The van der Waals surface area contributed by atoms with E-state index in [1.807, 2.05) is 12.1 Å². The predicted molar refractivity (Wildman–Crippen MR) is 91.4 cm³/mol. The van der Waals surface area contributed by atoms with Crippen LogP contribution in [-0.2, 0) is 5.41 Å². The van der Waals surface area contributed by atoms with Gasteiger partial charge in [-0.1, -0.05) is 32.9 Å². The smallest absolute Gasteiger partial charge is 0.153 e. The number of rotatable bonds is 4. The maximum atomic E-state index is 4.42. The molecule has 0 saturated carbocycles. The molecule has 0 unspecified atom stereocenters. The molecule has 3 heteroatoms. The predicted octanol–water partition coefficient (Wildman–Crippen LogP) is 4.94. The SMILES string of the molecule is CC(C)Nc1cccnc1Nc1ccc(C(C)(C)C)cc1. The summed E-state index contributed by atoms with van der Waals surface area (Å²) in [5, 5.41) is 6.79. The van der Waals surface area contributed by atoms with Crippen LogP contribution in [0, 0.1) is 0 Å². The summed E-state index contributed by atoms with van der Waals surface area (Å²) < 4.78 is 0. The summed E-state index contributed by atoms with van der Waals surface area (Å²) in [6, 6.07) is 12.9. The van der Waals surface area contributed by atoms with Crippen LogP contribution in [0.4, 0.5) is 17.2 Å². The molecule has 2 N–H and O–H groups in total. The summed E-state index contributed by atoms with van der Waals surface area (Å²) in [6.45, 7) is 10.9. The normalized spacial score (nSPS) is 11.5. The number of hydrogen-bond acceptors (Lipinski definition) is 3. The van der Waals surface area contributed by atoms with Crippen molar-refractivity contribution < 1.29 is 0 Å². The first-order valence-electron chi connectivity index (χ1n) is 7.45. The van der Waals surface area contributed by atoms with Gasteiger partial charge < -0.3 is 10.6 Å². The van der Waals surface area contributed by atoms with Crippen molar-refractivity contribution in [3.63, 3.8) is 0 Å². The molecule has 2 aromatic rings. The van der Waals surface area contributed by atoms with Crippen LogP contribution < -0.4 is 10.6 Å². The maximum absolute atomic E-state index is 4.42. The van der Waals surface area contributed by atoms with Crippen molar-refractivity contribution in [3.8, 4) is 0 Å². The first-order chi connectivity index (χ1) is 9.86. The Morgan fingerprint density at radius 1 is 1.00 bits per heavy atom. The zero-order valence-electron chi connectivity index (χ0n) is 13.6. The molecule has 3 nitrogen and oxygen atoms in total. The van der Waals surface area contributed by atoms with E-state index in [0.717, 1.165) is 17.2 Å². The van der Waals surface area contributed by atoms with Crippen LogP contribution in [0.5, 0.6) is 0 Å². The van der Waals surface area contributed by atoms with Gasteiger partial charge in [0.15, 0.2) is 5.82 Å². The Hall–Kier alpha value is -2.03. The van der Waals surface area contributed by atoms with Gasteiger partial charge in [-0.15, -0.1) is 0 Å². The van der Waals surface area contributed by atoms with E-state index >= 15 is 0 Å². The largest absolute Gasteiger partial charge is 0.380 e. The summed E-state index contributed by atoms with van der Waals surface area (Å²) in [6.07, 6.45) is 1.80. The molecule has 0 aliphatic heterocycles. The fourth-order valence-electron chi connectivity index (χ4n) is 2.12. The van der Waals surface area contributed by atoms with Crippen molar-refractivity contribution in [2.45, 2.75) is 46.1 Å². The Kier molecular flexibility index (Phi) is 4.51. The quantitative estimate of drug-likeness (QED) is 0.834. The number of nitrogens with zero attached hydrogens (tertiary/aromatic N) is 1. The lowest BCUT2D eigenvalue weighted by Gasteiger charge is -2.20. The van der Waals surface area contributed by atoms with Gasteiger partial charge in [-0.2, -0.15) is 0 Å². The van der Waals surface area contributed by atoms with Crippen molar-refractivity contribution in [2.24, 2.45) is 0 Å². The third-order valence-electron chi connectivity index (χ3n) is 3.27. The summed E-state index contributed by atoms with van der Waals surface area (Å²) in [5.74, 6) is 0.856. The molecule has 112 valence electrons. The average Bonchev–Trinajstić information content (AvgIpc) is 2.40. The van der Waals surface area contributed by atoms with Crippen LogP contribution in [0.2, 0.25) is 0 Å². The second-order valence-corrected chi connectivity index (χ2v) is 6.65. The fourth-order valence-corrected chi connectivity index (χ4v) is 2.12. The van der Waals surface area contributed by atoms with Crippen LogP contribution in [0.3, 0.4) is 0 Å². The lowest BCUT2D eigenvalue weighted by molar-refractivity contribution is 0.590. The minimum Gasteiger partial charge on any atom is -0.380 e. The van der Waals surface area contributed by atoms with Gasteiger partial charge in [-0.3, -0.25) is 0 Å². The monoisotopic (exact) mass is 283 g/mol. The molecule has 0 saturated heterocycles. The van der Waals surface area contributed by atoms with Crippen molar-refractivity contribution in [3.05, 3.63) is 48.2 Å². The molecule has 21 heavy (non-hydrogen) atoms. The highest BCUT2D eigenvalue weighted by Crippen LogP contribution is 2.26. The standard InChI is InChI=1S/C18H25N3/c1-13(2)20-16-7-6-12-19-17(16)21-15-10-8-14(9-11-15)18(3,4)5/h6-13,20H,1-5H3,(H,19,21). The summed E-state index contributed by atoms with van der Waals surface area (Å²) in [7, 11) is 0. The van der Waals surface area contributed by atoms with Crippen LogP contribution in [0.25, 0.3) is 0 Å². The summed E-state index contributed by atoms with van der Waals surface area (Å²) >= 11 is 0. The van der Waals surface area contributed by atoms with E-state index in [9.17, 15) is 0 Å². The van der Waals surface area contributed by atoms with Gasteiger partial charge in [-0.25, -0.2) is 4.98 Å². The number of hydrogen-bond donors (Lipinski definition) is 2. The molecule has 0 radical (unpaired) electrons. The van der Waals surface area contributed by atoms with Crippen LogP contribution in [0.1, 0.15) is 40.2 Å². The topological polar surface area (TPSA) is 37.0 Å². The molecule has 0 atom stereocenters. The van der Waals surface area contributed by atoms with E-state index in [1.165, 1.54) is 5.56 Å². The molecule has 0 spiro atoms. The zero-order valence-corrected chi connectivity index (χ0v) is 13.6. The Balaban J connectivity index is 2.19. The van der Waals surface area contributed by atoms with E-state index in [-0.39, 0.29) is 5.41 Å². The molecular weight excluding hydrogens is 258 g/mol. The van der Waals surface area contributed by atoms with Gasteiger partial charge in [-0.05, 0) is 49.1 Å². The Labute approximate surface area is 127 Å². The number of aromatic nitrogens is 1. The second-order valence-electron chi connectivity index (χ2n) is 6.65. The molecule has 0 aliphatic rings. The molecule has 1 aromatic heterocycles. The van der Waals surface area contributed by atoms with Crippen LogP contribution in [-0.4, -0.2) is 11.0 Å². The zero-order chi connectivity index (χ0) is 15.5. The summed E-state index contributed by atoms with van der Waals surface area (Å²) in [5.41, 5.74) is 3.57. The van der Waals surface area contributed by atoms with E-state index < -0.39 is 0 Å². The van der Waals surface area contributed by atoms with Gasteiger partial charge in [0, 0.05) is 17.9 Å². The molecule has 1 heterocycles. The van der Waals surface area contributed by atoms with Crippen molar-refractivity contribution in [2.75, 3.05) is 10.6 Å². The van der Waals surface area contributed by atoms with Crippen molar-refractivity contribution >= 4 is 17.2 Å². The maximum Gasteiger partial charge on any atom is 0.153 e. The highest BCUT2D eigenvalue weighted by molar-refractivity contribution is 5.70. The van der Waals surface area contributed by atoms with Crippen molar-refractivity contribution in [1.82, 2.24) is 4.98 Å². The van der Waals surface area contributed by atoms with Gasteiger partial charge in [0.05, 0.1) is 5.69 Å². The lowest BCUT2D eigenvalue weighted by Crippen LogP contribution is -2.12. The van der Waals surface area contributed by atoms with E-state index in [0.29, 0.717) is 6.04 Å². The fraction of sp³-hybridized carbons (Fsp3) is 0.389. The number of nitrogens with one attached hydrogen (secondary N) is 2. The minimum atomic E-state index is 0.174. The van der Waals surface area contributed by atoms with E-state index in [1.54, 1.807) is 6.20 Å². The Morgan fingerprint density at radius 2 is 1.67 bits per heavy atom. The van der Waals surface area contributed by atoms with Crippen molar-refractivity contribution in [1.29, 1.82) is 0 Å². The second kappa shape index (κ2) is 6.17. The molecular formula is C18H25N3. The van der Waals surface area contributed by atoms with E-state index in [2.05, 4.69) is 74.5 Å². The highest BCUT2D eigenvalue weighted by atomic mass is 15.0. The molecule has 0 fully saturated rings. The number of benzene rings is 1. The van der Waals surface area contributed by atoms with Gasteiger partial charge >= 0.3 is 0 Å². The first-order valence-corrected chi connectivity index (χ1v) is 7.45. The molecule has 2 rings (SSSR count). The Morgan fingerprint density at radius 3 is 2.24 bits per heavy atom.